The normalized spacial score (nSPS) is 13.2. The van der Waals surface area contributed by atoms with Gasteiger partial charge in [-0.1, -0.05) is 12.1 Å². The number of hydrogen-bond donors (Lipinski definition) is 2. The number of nitrogens with one attached hydrogen (secondary N) is 1. The highest BCUT2D eigenvalue weighted by Gasteiger charge is 2.21. The number of methoxy groups -OCH3 is 1. The van der Waals surface area contributed by atoms with Crippen molar-refractivity contribution in [3.8, 4) is 17.6 Å². The van der Waals surface area contributed by atoms with Crippen LogP contribution in [0.3, 0.4) is 0 Å². The molecule has 0 fully saturated rings. The van der Waals surface area contributed by atoms with Crippen molar-refractivity contribution in [2.45, 2.75) is 0 Å². The molecule has 1 aliphatic rings. The second-order valence-electron chi connectivity index (χ2n) is 4.98. The van der Waals surface area contributed by atoms with Gasteiger partial charge in [-0.15, -0.1) is 0 Å². The molecule has 0 saturated carbocycles. The van der Waals surface area contributed by atoms with Crippen LogP contribution < -0.4 is 10.1 Å². The number of benzodiazepines with no additional fused rings is 1. The first-order valence-electron chi connectivity index (χ1n) is 6.88. The minimum Gasteiger partial charge on any atom is -0.504 e. The highest BCUT2D eigenvalue weighted by atomic mass is 16.5. The van der Waals surface area contributed by atoms with Crippen LogP contribution >= 0.6 is 0 Å². The third-order valence-corrected chi connectivity index (χ3v) is 3.49. The van der Waals surface area contributed by atoms with Crippen LogP contribution in [0.5, 0.6) is 11.5 Å². The van der Waals surface area contributed by atoms with Gasteiger partial charge in [-0.3, -0.25) is 9.79 Å². The fraction of sp³-hybridized carbons (Fsp3) is 0.118. The highest BCUT2D eigenvalue weighted by Crippen LogP contribution is 2.34. The summed E-state index contributed by atoms with van der Waals surface area (Å²) in [6.07, 6.45) is 0. The molecular weight excluding hydrogens is 294 g/mol. The van der Waals surface area contributed by atoms with E-state index in [9.17, 15) is 9.90 Å². The fourth-order valence-corrected chi connectivity index (χ4v) is 2.44. The Balaban J connectivity index is 2.22. The molecule has 1 aliphatic heterocycles. The molecule has 0 saturated heterocycles. The molecule has 0 atom stereocenters. The smallest absolute Gasteiger partial charge is 0.246 e. The van der Waals surface area contributed by atoms with E-state index in [4.69, 9.17) is 10.00 Å². The van der Waals surface area contributed by atoms with Crippen molar-refractivity contribution >= 4 is 17.3 Å². The molecule has 0 spiro atoms. The third kappa shape index (κ3) is 2.72. The largest absolute Gasteiger partial charge is 0.504 e. The Bertz CT molecular complexity index is 866. The number of fused-ring (bicyclic) bond motifs is 1. The standard InChI is InChI=1S/C17H13N3O3/c1-23-15-6-12-13(7-14(15)21)20-16(22)9-19-17(12)11-4-2-3-10(5-11)8-18/h2-7,21H,9H2,1H3,(H,20,22). The number of anilines is 1. The predicted molar refractivity (Wildman–Crippen MR) is 85.0 cm³/mol. The molecule has 1 amide bonds. The van der Waals surface area contributed by atoms with Gasteiger partial charge in [-0.05, 0) is 18.2 Å². The molecule has 0 radical (unpaired) electrons. The lowest BCUT2D eigenvalue weighted by molar-refractivity contribution is -0.114. The third-order valence-electron chi connectivity index (χ3n) is 3.49. The van der Waals surface area contributed by atoms with Gasteiger partial charge in [0.1, 0.15) is 6.54 Å². The summed E-state index contributed by atoms with van der Waals surface area (Å²) in [5, 5.41) is 21.7. The van der Waals surface area contributed by atoms with Crippen LogP contribution in [0.15, 0.2) is 41.4 Å². The second-order valence-corrected chi connectivity index (χ2v) is 4.98. The first-order valence-corrected chi connectivity index (χ1v) is 6.88. The number of amides is 1. The lowest BCUT2D eigenvalue weighted by Gasteiger charge is -2.13. The number of nitriles is 1. The van der Waals surface area contributed by atoms with Crippen LogP contribution in [-0.2, 0) is 4.79 Å². The average molecular weight is 307 g/mol. The van der Waals surface area contributed by atoms with Gasteiger partial charge in [-0.25, -0.2) is 0 Å². The summed E-state index contributed by atoms with van der Waals surface area (Å²) in [5.74, 6) is -0.0649. The molecule has 114 valence electrons. The Kier molecular flexibility index (Phi) is 3.69. The Morgan fingerprint density at radius 3 is 2.91 bits per heavy atom. The maximum absolute atomic E-state index is 11.8. The SMILES string of the molecule is COc1cc2c(cc1O)NC(=O)CN=C2c1cccc(C#N)c1. The van der Waals surface area contributed by atoms with Gasteiger partial charge in [0.25, 0.3) is 0 Å². The summed E-state index contributed by atoms with van der Waals surface area (Å²) >= 11 is 0. The van der Waals surface area contributed by atoms with Gasteiger partial charge in [-0.2, -0.15) is 5.26 Å². The molecule has 2 N–H and O–H groups in total. The van der Waals surface area contributed by atoms with Gasteiger partial charge in [0.05, 0.1) is 30.1 Å². The van der Waals surface area contributed by atoms with E-state index in [1.165, 1.54) is 13.2 Å². The van der Waals surface area contributed by atoms with Crippen molar-refractivity contribution in [2.24, 2.45) is 4.99 Å². The molecule has 23 heavy (non-hydrogen) atoms. The van der Waals surface area contributed by atoms with Crippen LogP contribution in [0.2, 0.25) is 0 Å². The number of carbonyl (C=O) groups is 1. The summed E-state index contributed by atoms with van der Waals surface area (Å²) in [7, 11) is 1.45. The summed E-state index contributed by atoms with van der Waals surface area (Å²) in [4.78, 5) is 16.2. The Labute approximate surface area is 132 Å². The topological polar surface area (TPSA) is 94.7 Å². The molecule has 3 rings (SSSR count). The number of ether oxygens (including phenoxy) is 1. The zero-order valence-corrected chi connectivity index (χ0v) is 12.3. The molecule has 1 heterocycles. The van der Waals surface area contributed by atoms with Crippen LogP contribution in [-0.4, -0.2) is 30.4 Å². The molecule has 0 unspecified atom stereocenters. The quantitative estimate of drug-likeness (QED) is 0.888. The van der Waals surface area contributed by atoms with Crippen molar-refractivity contribution < 1.29 is 14.6 Å². The molecule has 0 aromatic heterocycles. The zero-order valence-electron chi connectivity index (χ0n) is 12.3. The fourth-order valence-electron chi connectivity index (χ4n) is 2.44. The van der Waals surface area contributed by atoms with E-state index in [0.717, 1.165) is 5.56 Å². The number of phenols is 1. The van der Waals surface area contributed by atoms with E-state index in [2.05, 4.69) is 16.4 Å². The number of rotatable bonds is 2. The number of nitrogens with zero attached hydrogens (tertiary/aromatic N) is 2. The number of benzene rings is 2. The monoisotopic (exact) mass is 307 g/mol. The van der Waals surface area contributed by atoms with Crippen molar-refractivity contribution in [3.05, 3.63) is 53.1 Å². The lowest BCUT2D eigenvalue weighted by Crippen LogP contribution is -2.13. The van der Waals surface area contributed by atoms with Gasteiger partial charge < -0.3 is 15.2 Å². The van der Waals surface area contributed by atoms with E-state index in [1.807, 2.05) is 6.07 Å². The molecule has 2 aromatic rings. The first-order chi connectivity index (χ1) is 11.1. The lowest BCUT2D eigenvalue weighted by atomic mass is 9.98. The predicted octanol–water partition coefficient (Wildman–Crippen LogP) is 2.06. The average Bonchev–Trinajstić information content (AvgIpc) is 2.72. The molecule has 2 aromatic carbocycles. The van der Waals surface area contributed by atoms with Crippen LogP contribution in [0.4, 0.5) is 5.69 Å². The maximum Gasteiger partial charge on any atom is 0.246 e. The molecular formula is C17H13N3O3. The molecule has 0 aliphatic carbocycles. The van der Waals surface area contributed by atoms with Crippen molar-refractivity contribution in [1.82, 2.24) is 0 Å². The Hall–Kier alpha value is -3.33. The maximum atomic E-state index is 11.8. The second kappa shape index (κ2) is 5.81. The van der Waals surface area contributed by atoms with Crippen molar-refractivity contribution in [3.63, 3.8) is 0 Å². The van der Waals surface area contributed by atoms with Gasteiger partial charge in [0.2, 0.25) is 5.91 Å². The molecule has 6 heteroatoms. The van der Waals surface area contributed by atoms with E-state index in [1.54, 1.807) is 24.3 Å². The van der Waals surface area contributed by atoms with Crippen LogP contribution in [0.1, 0.15) is 16.7 Å². The van der Waals surface area contributed by atoms with E-state index >= 15 is 0 Å². The number of carbonyl (C=O) groups excluding carboxylic acids is 1. The Morgan fingerprint density at radius 2 is 2.17 bits per heavy atom. The van der Waals surface area contributed by atoms with Gasteiger partial charge in [0, 0.05) is 17.2 Å². The van der Waals surface area contributed by atoms with Gasteiger partial charge in [0.15, 0.2) is 11.5 Å². The summed E-state index contributed by atoms with van der Waals surface area (Å²) in [5.41, 5.74) is 2.86. The number of aliphatic imine (C=N–C) groups is 1. The van der Waals surface area contributed by atoms with E-state index in [-0.39, 0.29) is 24.0 Å². The van der Waals surface area contributed by atoms with E-state index in [0.29, 0.717) is 22.5 Å². The Morgan fingerprint density at radius 1 is 1.35 bits per heavy atom. The molecule has 6 nitrogen and oxygen atoms in total. The molecule has 0 bridgehead atoms. The zero-order chi connectivity index (χ0) is 16.4. The van der Waals surface area contributed by atoms with Gasteiger partial charge >= 0.3 is 0 Å². The van der Waals surface area contributed by atoms with E-state index < -0.39 is 0 Å². The summed E-state index contributed by atoms with van der Waals surface area (Å²) in [6, 6.07) is 12.1. The minimum absolute atomic E-state index is 0.0378. The number of hydrogen-bond acceptors (Lipinski definition) is 5. The van der Waals surface area contributed by atoms with Crippen LogP contribution in [0, 0.1) is 11.3 Å². The van der Waals surface area contributed by atoms with Crippen molar-refractivity contribution in [2.75, 3.05) is 19.0 Å². The van der Waals surface area contributed by atoms with Crippen molar-refractivity contribution in [1.29, 1.82) is 5.26 Å². The highest BCUT2D eigenvalue weighted by molar-refractivity contribution is 6.19. The summed E-state index contributed by atoms with van der Waals surface area (Å²) < 4.78 is 5.14. The summed E-state index contributed by atoms with van der Waals surface area (Å²) in [6.45, 7) is -0.0378. The number of phenolic OH excluding ortho intramolecular Hbond substituents is 1. The van der Waals surface area contributed by atoms with Crippen LogP contribution in [0.25, 0.3) is 0 Å². The minimum atomic E-state index is -0.276. The number of aromatic hydroxyl groups is 1. The first kappa shape index (κ1) is 14.6.